The summed E-state index contributed by atoms with van der Waals surface area (Å²) in [7, 11) is 0. The molecule has 37 heavy (non-hydrogen) atoms. The van der Waals surface area contributed by atoms with E-state index in [1.807, 2.05) is 37.5 Å². The van der Waals surface area contributed by atoms with Gasteiger partial charge >= 0.3 is 12.1 Å². The van der Waals surface area contributed by atoms with Crippen LogP contribution in [0.5, 0.6) is 0 Å². The fraction of sp³-hybridized carbons (Fsp3) is 0.621. The molecular weight excluding hydrogens is 470 g/mol. The van der Waals surface area contributed by atoms with Crippen LogP contribution in [-0.4, -0.2) is 59.0 Å². The van der Waals surface area contributed by atoms with E-state index in [9.17, 15) is 14.9 Å². The first-order valence-corrected chi connectivity index (χ1v) is 13.3. The van der Waals surface area contributed by atoms with E-state index in [-0.39, 0.29) is 30.1 Å². The zero-order chi connectivity index (χ0) is 26.8. The van der Waals surface area contributed by atoms with Gasteiger partial charge in [-0.1, -0.05) is 6.07 Å². The van der Waals surface area contributed by atoms with Gasteiger partial charge in [0.15, 0.2) is 0 Å². The number of amides is 1. The smallest absolute Gasteiger partial charge is 0.410 e. The number of benzene rings is 1. The average Bonchev–Trinajstić information content (AvgIpc) is 3.14. The maximum atomic E-state index is 13.1. The lowest BCUT2D eigenvalue weighted by molar-refractivity contribution is -0.0592. The van der Waals surface area contributed by atoms with Gasteiger partial charge in [-0.2, -0.15) is 5.26 Å². The van der Waals surface area contributed by atoms with Crippen LogP contribution in [0.3, 0.4) is 0 Å². The van der Waals surface area contributed by atoms with Gasteiger partial charge in [-0.05, 0) is 84.1 Å². The highest BCUT2D eigenvalue weighted by atomic mass is 16.6. The number of carbonyl (C=O) groups excluding carboxylic acids is 2. The second-order valence-electron chi connectivity index (χ2n) is 12.2. The minimum absolute atomic E-state index is 0.0789. The third-order valence-electron chi connectivity index (χ3n) is 8.02. The van der Waals surface area contributed by atoms with Crippen LogP contribution in [0.2, 0.25) is 0 Å². The van der Waals surface area contributed by atoms with Crippen molar-refractivity contribution < 1.29 is 23.8 Å². The Balaban J connectivity index is 1.50. The first-order chi connectivity index (χ1) is 17.4. The normalized spacial score (nSPS) is 28.5. The Morgan fingerprint density at radius 3 is 2.49 bits per heavy atom. The number of fused-ring (bicyclic) bond motifs is 2. The molecule has 1 saturated carbocycles. The summed E-state index contributed by atoms with van der Waals surface area (Å²) in [5.41, 5.74) is 0.802. The lowest BCUT2D eigenvalue weighted by atomic mass is 9.83. The van der Waals surface area contributed by atoms with Gasteiger partial charge in [-0.3, -0.25) is 0 Å². The second-order valence-corrected chi connectivity index (χ2v) is 12.2. The Morgan fingerprint density at radius 2 is 1.89 bits per heavy atom. The number of rotatable bonds is 4. The summed E-state index contributed by atoms with van der Waals surface area (Å²) in [4.78, 5) is 27.4. The number of aromatic nitrogens is 1. The van der Waals surface area contributed by atoms with Crippen LogP contribution in [0.25, 0.3) is 10.9 Å². The van der Waals surface area contributed by atoms with Crippen molar-refractivity contribution in [2.45, 2.75) is 77.0 Å². The standard InChI is InChI=1S/C29H37N3O5/c1-7-35-25(33)24-13-20-12-18(19-10-11-36-28(5,6)14-19)8-9-23(20)32(24)29(17-30)21-15-31(16-22(21)29)26(34)37-27(2,3)4/h8-9,12-13,19,21-22H,7,10-11,14-16H2,1-6H3/t19-,21?,22?,29?/m0/s1. The molecule has 2 unspecified atom stereocenters. The summed E-state index contributed by atoms with van der Waals surface area (Å²) in [5.74, 6) is -0.222. The fourth-order valence-electron chi connectivity index (χ4n) is 6.38. The van der Waals surface area contributed by atoms with Crippen molar-refractivity contribution in [2.75, 3.05) is 26.3 Å². The molecule has 3 heterocycles. The number of esters is 1. The van der Waals surface area contributed by atoms with Gasteiger partial charge < -0.3 is 23.7 Å². The molecule has 3 aliphatic rings. The summed E-state index contributed by atoms with van der Waals surface area (Å²) in [6, 6.07) is 10.7. The SMILES string of the molecule is CCOC(=O)c1cc2cc([C@H]3CCOC(C)(C)C3)ccc2n1C1(C#N)C2CN(C(=O)OC(C)(C)C)CC21. The summed E-state index contributed by atoms with van der Waals surface area (Å²) >= 11 is 0. The van der Waals surface area contributed by atoms with Gasteiger partial charge in [0.1, 0.15) is 16.8 Å². The molecule has 3 atom stereocenters. The fourth-order valence-corrected chi connectivity index (χ4v) is 6.38. The molecule has 1 aliphatic carbocycles. The molecule has 1 amide bonds. The molecule has 0 spiro atoms. The molecule has 0 bridgehead atoms. The lowest BCUT2D eigenvalue weighted by Crippen LogP contribution is -2.40. The molecule has 2 saturated heterocycles. The Bertz CT molecular complexity index is 1270. The third-order valence-corrected chi connectivity index (χ3v) is 8.02. The molecule has 2 aliphatic heterocycles. The Kier molecular flexibility index (Phi) is 6.06. The molecule has 5 rings (SSSR count). The average molecular weight is 508 g/mol. The van der Waals surface area contributed by atoms with Gasteiger partial charge in [0.2, 0.25) is 0 Å². The van der Waals surface area contributed by atoms with E-state index >= 15 is 0 Å². The zero-order valence-corrected chi connectivity index (χ0v) is 22.7. The highest BCUT2D eigenvalue weighted by molar-refractivity contribution is 5.96. The van der Waals surface area contributed by atoms with Crippen LogP contribution in [0.1, 0.15) is 76.4 Å². The van der Waals surface area contributed by atoms with E-state index < -0.39 is 17.1 Å². The zero-order valence-electron chi connectivity index (χ0n) is 22.7. The lowest BCUT2D eigenvalue weighted by Gasteiger charge is -2.35. The van der Waals surface area contributed by atoms with E-state index in [1.165, 1.54) is 5.56 Å². The molecule has 3 fully saturated rings. The number of carbonyl (C=O) groups is 2. The predicted molar refractivity (Wildman–Crippen MR) is 138 cm³/mol. The van der Waals surface area contributed by atoms with Crippen LogP contribution in [0, 0.1) is 23.2 Å². The van der Waals surface area contributed by atoms with Gasteiger partial charge in [0, 0.05) is 36.9 Å². The number of hydrogen-bond acceptors (Lipinski definition) is 6. The molecule has 2 aromatic rings. The van der Waals surface area contributed by atoms with Crippen molar-refractivity contribution in [3.8, 4) is 6.07 Å². The minimum atomic E-state index is -0.898. The van der Waals surface area contributed by atoms with E-state index in [2.05, 4.69) is 32.0 Å². The number of likely N-dealkylation sites (tertiary alicyclic amines) is 1. The first-order valence-electron chi connectivity index (χ1n) is 13.3. The third kappa shape index (κ3) is 4.37. The molecular formula is C29H37N3O5. The van der Waals surface area contributed by atoms with Crippen LogP contribution in [0.15, 0.2) is 24.3 Å². The number of hydrogen-bond donors (Lipinski definition) is 0. The number of nitrogens with zero attached hydrogens (tertiary/aromatic N) is 3. The predicted octanol–water partition coefficient (Wildman–Crippen LogP) is 5.21. The van der Waals surface area contributed by atoms with Crippen molar-refractivity contribution in [1.82, 2.24) is 9.47 Å². The molecule has 198 valence electrons. The highest BCUT2D eigenvalue weighted by Gasteiger charge is 2.72. The first kappa shape index (κ1) is 25.6. The summed E-state index contributed by atoms with van der Waals surface area (Å²) in [5, 5.41) is 11.4. The molecule has 8 heteroatoms. The van der Waals surface area contributed by atoms with Crippen LogP contribution >= 0.6 is 0 Å². The Labute approximate surface area is 218 Å². The van der Waals surface area contributed by atoms with Crippen molar-refractivity contribution >= 4 is 23.0 Å². The maximum Gasteiger partial charge on any atom is 0.410 e. The quantitative estimate of drug-likeness (QED) is 0.528. The summed E-state index contributed by atoms with van der Waals surface area (Å²) in [6.45, 7) is 13.4. The van der Waals surface area contributed by atoms with E-state index in [4.69, 9.17) is 14.2 Å². The Hall–Kier alpha value is -3.05. The number of nitriles is 1. The largest absolute Gasteiger partial charge is 0.461 e. The number of ether oxygens (including phenoxy) is 3. The topological polar surface area (TPSA) is 93.8 Å². The minimum Gasteiger partial charge on any atom is -0.461 e. The van der Waals surface area contributed by atoms with Crippen LogP contribution in [-0.2, 0) is 19.7 Å². The van der Waals surface area contributed by atoms with E-state index in [0.29, 0.717) is 24.7 Å². The second kappa shape index (κ2) is 8.76. The van der Waals surface area contributed by atoms with Crippen molar-refractivity contribution in [1.29, 1.82) is 5.26 Å². The maximum absolute atomic E-state index is 13.1. The van der Waals surface area contributed by atoms with Gasteiger partial charge in [0.05, 0.1) is 23.8 Å². The van der Waals surface area contributed by atoms with Crippen LogP contribution < -0.4 is 0 Å². The summed E-state index contributed by atoms with van der Waals surface area (Å²) < 4.78 is 18.8. The molecule has 0 N–H and O–H groups in total. The van der Waals surface area contributed by atoms with Crippen molar-refractivity contribution in [3.63, 3.8) is 0 Å². The van der Waals surface area contributed by atoms with Gasteiger partial charge in [-0.25, -0.2) is 9.59 Å². The monoisotopic (exact) mass is 507 g/mol. The van der Waals surface area contributed by atoms with Gasteiger partial charge in [0.25, 0.3) is 0 Å². The van der Waals surface area contributed by atoms with Crippen molar-refractivity contribution in [2.24, 2.45) is 11.8 Å². The van der Waals surface area contributed by atoms with E-state index in [1.54, 1.807) is 11.8 Å². The molecule has 8 nitrogen and oxygen atoms in total. The van der Waals surface area contributed by atoms with E-state index in [0.717, 1.165) is 30.4 Å². The highest BCUT2D eigenvalue weighted by Crippen LogP contribution is 2.62. The van der Waals surface area contributed by atoms with Crippen LogP contribution in [0.4, 0.5) is 4.79 Å². The number of piperidine rings is 1. The molecule has 1 aromatic carbocycles. The van der Waals surface area contributed by atoms with Crippen molar-refractivity contribution in [3.05, 3.63) is 35.5 Å². The Morgan fingerprint density at radius 1 is 1.19 bits per heavy atom. The molecule has 1 aromatic heterocycles. The van der Waals surface area contributed by atoms with Gasteiger partial charge in [-0.15, -0.1) is 0 Å². The molecule has 0 radical (unpaired) electrons. The summed E-state index contributed by atoms with van der Waals surface area (Å²) in [6.07, 6.45) is 1.52.